The van der Waals surface area contributed by atoms with Gasteiger partial charge in [-0.2, -0.15) is 0 Å². The van der Waals surface area contributed by atoms with Gasteiger partial charge in [-0.3, -0.25) is 4.79 Å². The lowest BCUT2D eigenvalue weighted by Gasteiger charge is -2.33. The average Bonchev–Trinajstić information content (AvgIpc) is 2.96. The van der Waals surface area contributed by atoms with Crippen molar-refractivity contribution in [1.82, 2.24) is 0 Å². The van der Waals surface area contributed by atoms with Crippen LogP contribution in [0.1, 0.15) is 29.5 Å². The van der Waals surface area contributed by atoms with E-state index in [4.69, 9.17) is 16.3 Å². The van der Waals surface area contributed by atoms with Gasteiger partial charge in [-0.05, 0) is 35.9 Å². The second-order valence-electron chi connectivity index (χ2n) is 7.96. The molecular formula is C26H23ClN2O2. The van der Waals surface area contributed by atoms with E-state index in [1.165, 1.54) is 0 Å². The van der Waals surface area contributed by atoms with E-state index in [-0.39, 0.29) is 23.7 Å². The van der Waals surface area contributed by atoms with Gasteiger partial charge in [-0.25, -0.2) is 0 Å². The standard InChI is InChI=1S/C26H23ClN2O2/c1-31-24-9-5-2-6-19(24)26-25-22(28-20-7-3-4-8-21(20)29-26)14-17(15-23(25)30)16-10-12-18(27)13-11-16/h2-14,17,25-26,28-29H,15H2,1H3. The number of carbonyl (C=O) groups excluding carboxylic acids is 1. The molecule has 5 heteroatoms. The predicted molar refractivity (Wildman–Crippen MR) is 125 cm³/mol. The Bertz CT molecular complexity index is 1160. The van der Waals surface area contributed by atoms with Crippen LogP contribution in [0.2, 0.25) is 5.02 Å². The van der Waals surface area contributed by atoms with Crippen LogP contribution < -0.4 is 15.4 Å². The molecule has 2 N–H and O–H groups in total. The maximum Gasteiger partial charge on any atom is 0.145 e. The molecule has 3 unspecified atom stereocenters. The number of fused-ring (bicyclic) bond motifs is 2. The zero-order chi connectivity index (χ0) is 21.4. The minimum atomic E-state index is -0.341. The Labute approximate surface area is 186 Å². The molecule has 3 aromatic rings. The van der Waals surface area contributed by atoms with Gasteiger partial charge in [0, 0.05) is 28.6 Å². The van der Waals surface area contributed by atoms with Crippen molar-refractivity contribution in [3.8, 4) is 5.75 Å². The van der Waals surface area contributed by atoms with E-state index in [2.05, 4.69) is 16.7 Å². The maximum atomic E-state index is 13.6. The van der Waals surface area contributed by atoms with E-state index >= 15 is 0 Å². The normalized spacial score (nSPS) is 22.2. The van der Waals surface area contributed by atoms with Crippen LogP contribution in [0.25, 0.3) is 0 Å². The van der Waals surface area contributed by atoms with E-state index in [1.54, 1.807) is 7.11 Å². The van der Waals surface area contributed by atoms with Crippen LogP contribution in [-0.4, -0.2) is 12.9 Å². The van der Waals surface area contributed by atoms with Crippen molar-refractivity contribution >= 4 is 28.8 Å². The largest absolute Gasteiger partial charge is 0.496 e. The number of hydrogen-bond acceptors (Lipinski definition) is 4. The number of nitrogens with one attached hydrogen (secondary N) is 2. The molecule has 3 aromatic carbocycles. The number of rotatable bonds is 3. The van der Waals surface area contributed by atoms with Crippen molar-refractivity contribution in [3.05, 3.63) is 101 Å². The lowest BCUT2D eigenvalue weighted by molar-refractivity contribution is -0.122. The molecule has 0 amide bonds. The molecule has 0 saturated carbocycles. The number of halogens is 1. The first-order valence-electron chi connectivity index (χ1n) is 10.4. The number of ether oxygens (including phenoxy) is 1. The number of methoxy groups -OCH3 is 1. The van der Waals surface area contributed by atoms with Crippen molar-refractivity contribution < 1.29 is 9.53 Å². The highest BCUT2D eigenvalue weighted by Crippen LogP contribution is 2.46. The lowest BCUT2D eigenvalue weighted by atomic mass is 9.76. The highest BCUT2D eigenvalue weighted by molar-refractivity contribution is 6.30. The second kappa shape index (κ2) is 8.12. The smallest absolute Gasteiger partial charge is 0.145 e. The molecule has 0 radical (unpaired) electrons. The van der Waals surface area contributed by atoms with Gasteiger partial charge in [-0.15, -0.1) is 0 Å². The first-order valence-corrected chi connectivity index (χ1v) is 10.8. The zero-order valence-electron chi connectivity index (χ0n) is 17.1. The molecular weight excluding hydrogens is 408 g/mol. The molecule has 5 rings (SSSR count). The molecule has 1 heterocycles. The number of allylic oxidation sites excluding steroid dienone is 1. The summed E-state index contributed by atoms with van der Waals surface area (Å²) in [5.74, 6) is 0.631. The third kappa shape index (κ3) is 3.68. The van der Waals surface area contributed by atoms with Gasteiger partial charge >= 0.3 is 0 Å². The van der Waals surface area contributed by atoms with Crippen molar-refractivity contribution in [2.24, 2.45) is 5.92 Å². The van der Waals surface area contributed by atoms with E-state index in [0.29, 0.717) is 11.4 Å². The summed E-state index contributed by atoms with van der Waals surface area (Å²) in [6.07, 6.45) is 2.64. The highest BCUT2D eigenvalue weighted by Gasteiger charge is 2.40. The molecule has 3 atom stereocenters. The van der Waals surface area contributed by atoms with Crippen LogP contribution in [0.3, 0.4) is 0 Å². The van der Waals surface area contributed by atoms with Gasteiger partial charge in [0.2, 0.25) is 0 Å². The number of hydrogen-bond donors (Lipinski definition) is 2. The number of anilines is 2. The molecule has 4 nitrogen and oxygen atoms in total. The third-order valence-corrected chi connectivity index (χ3v) is 6.36. The zero-order valence-corrected chi connectivity index (χ0v) is 17.9. The number of Topliss-reactive ketones (excluding diaryl/α,β-unsaturated/α-hetero) is 1. The number of para-hydroxylation sites is 3. The van der Waals surface area contributed by atoms with Crippen LogP contribution in [0.15, 0.2) is 84.6 Å². The molecule has 0 saturated heterocycles. The van der Waals surface area contributed by atoms with Gasteiger partial charge in [-0.1, -0.05) is 60.1 Å². The summed E-state index contributed by atoms with van der Waals surface area (Å²) in [7, 11) is 1.66. The Balaban J connectivity index is 1.63. The van der Waals surface area contributed by atoms with Gasteiger partial charge in [0.05, 0.1) is 30.4 Å². The number of ketones is 1. The molecule has 1 aliphatic heterocycles. The van der Waals surface area contributed by atoms with Crippen LogP contribution in [0.5, 0.6) is 5.75 Å². The van der Waals surface area contributed by atoms with Crippen molar-refractivity contribution in [2.75, 3.05) is 17.7 Å². The minimum absolute atomic E-state index is 0.00657. The molecule has 156 valence electrons. The van der Waals surface area contributed by atoms with Crippen molar-refractivity contribution in [1.29, 1.82) is 0 Å². The summed E-state index contributed by atoms with van der Waals surface area (Å²) in [5.41, 5.74) is 4.90. The topological polar surface area (TPSA) is 50.4 Å². The predicted octanol–water partition coefficient (Wildman–Crippen LogP) is 6.18. The van der Waals surface area contributed by atoms with E-state index < -0.39 is 0 Å². The quantitative estimate of drug-likeness (QED) is 0.520. The van der Waals surface area contributed by atoms with Crippen LogP contribution in [0, 0.1) is 5.92 Å². The Hall–Kier alpha value is -3.24. The highest BCUT2D eigenvalue weighted by atomic mass is 35.5. The molecule has 1 aliphatic carbocycles. The van der Waals surface area contributed by atoms with Crippen molar-refractivity contribution in [2.45, 2.75) is 18.4 Å². The summed E-state index contributed by atoms with van der Waals surface area (Å²) in [6.45, 7) is 0. The van der Waals surface area contributed by atoms with Crippen molar-refractivity contribution in [3.63, 3.8) is 0 Å². The van der Waals surface area contributed by atoms with Gasteiger partial charge < -0.3 is 15.4 Å². The summed E-state index contributed by atoms with van der Waals surface area (Å²) < 4.78 is 5.64. The number of carbonyl (C=O) groups is 1. The first-order chi connectivity index (χ1) is 15.1. The summed E-state index contributed by atoms with van der Waals surface area (Å²) >= 11 is 6.07. The molecule has 2 aliphatic rings. The van der Waals surface area contributed by atoms with Gasteiger partial charge in [0.15, 0.2) is 0 Å². The Morgan fingerprint density at radius 1 is 0.935 bits per heavy atom. The fourth-order valence-corrected chi connectivity index (χ4v) is 4.74. The Morgan fingerprint density at radius 2 is 1.65 bits per heavy atom. The summed E-state index contributed by atoms with van der Waals surface area (Å²) in [5, 5.41) is 7.86. The molecule has 31 heavy (non-hydrogen) atoms. The minimum Gasteiger partial charge on any atom is -0.496 e. The summed E-state index contributed by atoms with van der Waals surface area (Å²) in [6, 6.07) is 23.5. The third-order valence-electron chi connectivity index (χ3n) is 6.11. The SMILES string of the molecule is COc1ccccc1C1Nc2ccccc2NC2=CC(c3ccc(Cl)cc3)CC(=O)C21. The van der Waals surface area contributed by atoms with Crippen LogP contribution in [0.4, 0.5) is 11.4 Å². The van der Waals surface area contributed by atoms with E-state index in [0.717, 1.165) is 33.9 Å². The Kier molecular flexibility index (Phi) is 5.16. The molecule has 0 bridgehead atoms. The molecule has 0 spiro atoms. The fourth-order valence-electron chi connectivity index (χ4n) is 4.61. The average molecular weight is 431 g/mol. The van der Waals surface area contributed by atoms with E-state index in [9.17, 15) is 4.79 Å². The monoisotopic (exact) mass is 430 g/mol. The summed E-state index contributed by atoms with van der Waals surface area (Å²) in [4.78, 5) is 13.6. The molecule has 0 fully saturated rings. The van der Waals surface area contributed by atoms with Gasteiger partial charge in [0.25, 0.3) is 0 Å². The number of benzene rings is 3. The molecule has 0 aromatic heterocycles. The lowest BCUT2D eigenvalue weighted by Crippen LogP contribution is -2.34. The van der Waals surface area contributed by atoms with Crippen LogP contribution in [-0.2, 0) is 4.79 Å². The van der Waals surface area contributed by atoms with Gasteiger partial charge in [0.1, 0.15) is 11.5 Å². The maximum absolute atomic E-state index is 13.6. The second-order valence-corrected chi connectivity index (χ2v) is 8.40. The fraction of sp³-hybridized carbons (Fsp3) is 0.192. The first kappa shape index (κ1) is 19.7. The van der Waals surface area contributed by atoms with E-state index in [1.807, 2.05) is 72.8 Å². The van der Waals surface area contributed by atoms with Crippen LogP contribution >= 0.6 is 11.6 Å². The Morgan fingerprint density at radius 3 is 2.42 bits per heavy atom.